The monoisotopic (exact) mass is 249 g/mol. The molecule has 2 rings (SSSR count). The highest BCUT2D eigenvalue weighted by molar-refractivity contribution is 6.39. The van der Waals surface area contributed by atoms with Gasteiger partial charge < -0.3 is 5.32 Å². The van der Waals surface area contributed by atoms with Crippen molar-refractivity contribution in [2.75, 3.05) is 6.54 Å². The third kappa shape index (κ3) is 2.01. The normalized spacial score (nSPS) is 21.5. The van der Waals surface area contributed by atoms with Gasteiger partial charge >= 0.3 is 0 Å². The van der Waals surface area contributed by atoms with Crippen molar-refractivity contribution in [3.63, 3.8) is 0 Å². The summed E-state index contributed by atoms with van der Waals surface area (Å²) < 4.78 is 0. The first-order valence-corrected chi connectivity index (χ1v) is 5.69. The van der Waals surface area contributed by atoms with E-state index in [4.69, 9.17) is 34.8 Å². The molecule has 76 valence electrons. The molecule has 1 N–H and O–H groups in total. The minimum atomic E-state index is 0.285. The lowest BCUT2D eigenvalue weighted by Crippen LogP contribution is -2.13. The van der Waals surface area contributed by atoms with Crippen molar-refractivity contribution in [2.24, 2.45) is 0 Å². The molecule has 1 aliphatic rings. The van der Waals surface area contributed by atoms with Crippen LogP contribution in [0.1, 0.15) is 24.4 Å². The molecule has 0 radical (unpaired) electrons. The first-order valence-electron chi connectivity index (χ1n) is 4.56. The molecular weight excluding hydrogens is 240 g/mol. The summed E-state index contributed by atoms with van der Waals surface area (Å²) in [4.78, 5) is 0. The Morgan fingerprint density at radius 1 is 1.14 bits per heavy atom. The molecule has 1 nitrogen and oxygen atoms in total. The van der Waals surface area contributed by atoms with E-state index in [1.807, 2.05) is 0 Å². The minimum Gasteiger partial charge on any atom is -0.310 e. The molecular formula is C10H10Cl3N. The molecule has 0 bridgehead atoms. The van der Waals surface area contributed by atoms with Crippen LogP contribution in [0.4, 0.5) is 0 Å². The maximum Gasteiger partial charge on any atom is 0.0483 e. The van der Waals surface area contributed by atoms with Crippen molar-refractivity contribution in [3.8, 4) is 0 Å². The Labute approximate surface area is 98.3 Å². The molecule has 4 heteroatoms. The summed E-state index contributed by atoms with van der Waals surface area (Å²) in [6, 6.07) is 3.77. The second kappa shape index (κ2) is 4.28. The van der Waals surface area contributed by atoms with Crippen LogP contribution in [0.2, 0.25) is 15.1 Å². The van der Waals surface area contributed by atoms with Gasteiger partial charge in [0.2, 0.25) is 0 Å². The minimum absolute atomic E-state index is 0.285. The average Bonchev–Trinajstić information content (AvgIpc) is 2.54. The molecule has 1 heterocycles. The molecule has 1 aromatic carbocycles. The maximum absolute atomic E-state index is 6.11. The zero-order valence-electron chi connectivity index (χ0n) is 7.49. The first kappa shape index (κ1) is 10.6. The van der Waals surface area contributed by atoms with Crippen LogP contribution in [0.5, 0.6) is 0 Å². The van der Waals surface area contributed by atoms with Crippen molar-refractivity contribution in [2.45, 2.75) is 18.9 Å². The van der Waals surface area contributed by atoms with E-state index in [1.165, 1.54) is 6.42 Å². The van der Waals surface area contributed by atoms with Crippen molar-refractivity contribution in [1.82, 2.24) is 5.32 Å². The fourth-order valence-electron chi connectivity index (χ4n) is 1.82. The summed E-state index contributed by atoms with van der Waals surface area (Å²) in [5.41, 5.74) is 0.982. The van der Waals surface area contributed by atoms with Gasteiger partial charge in [0.15, 0.2) is 0 Å². The zero-order valence-corrected chi connectivity index (χ0v) is 9.76. The molecule has 0 aliphatic carbocycles. The van der Waals surface area contributed by atoms with Crippen LogP contribution in [-0.2, 0) is 0 Å². The summed E-state index contributed by atoms with van der Waals surface area (Å²) in [7, 11) is 0. The van der Waals surface area contributed by atoms with Crippen LogP contribution in [0.3, 0.4) is 0 Å². The van der Waals surface area contributed by atoms with Crippen molar-refractivity contribution >= 4 is 34.8 Å². The highest BCUT2D eigenvalue weighted by atomic mass is 35.5. The van der Waals surface area contributed by atoms with E-state index in [0.29, 0.717) is 15.1 Å². The van der Waals surface area contributed by atoms with E-state index < -0.39 is 0 Å². The SMILES string of the molecule is Clc1cc(Cl)c([C@H]2CCCN2)c(Cl)c1. The lowest BCUT2D eigenvalue weighted by Gasteiger charge is -2.14. The third-order valence-corrected chi connectivity index (χ3v) is 3.30. The van der Waals surface area contributed by atoms with Crippen LogP contribution in [0, 0.1) is 0 Å². The summed E-state index contributed by atoms with van der Waals surface area (Å²) >= 11 is 18.1. The standard InChI is InChI=1S/C10H10Cl3N/c11-6-4-7(12)10(8(13)5-6)9-2-1-3-14-9/h4-5,9,14H,1-3H2/t9-/m1/s1. The Balaban J connectivity index is 2.40. The fourth-order valence-corrected chi connectivity index (χ4v) is 2.90. The van der Waals surface area contributed by atoms with Crippen LogP contribution in [-0.4, -0.2) is 6.54 Å². The summed E-state index contributed by atoms with van der Waals surface area (Å²) in [5, 5.41) is 5.26. The molecule has 0 amide bonds. The van der Waals surface area contributed by atoms with Gasteiger partial charge in [-0.05, 0) is 31.5 Å². The number of hydrogen-bond acceptors (Lipinski definition) is 1. The second-order valence-electron chi connectivity index (χ2n) is 3.43. The lowest BCUT2D eigenvalue weighted by atomic mass is 10.1. The third-order valence-electron chi connectivity index (χ3n) is 2.45. The van der Waals surface area contributed by atoms with Gasteiger partial charge in [0.1, 0.15) is 0 Å². The summed E-state index contributed by atoms with van der Waals surface area (Å²) in [6.45, 7) is 1.03. The van der Waals surface area contributed by atoms with Gasteiger partial charge in [-0.25, -0.2) is 0 Å². The number of hydrogen-bond donors (Lipinski definition) is 1. The van der Waals surface area contributed by atoms with E-state index in [2.05, 4.69) is 5.32 Å². The van der Waals surface area contributed by atoms with Gasteiger partial charge in [-0.2, -0.15) is 0 Å². The Bertz CT molecular complexity index is 322. The number of benzene rings is 1. The molecule has 0 unspecified atom stereocenters. The molecule has 1 atom stereocenters. The predicted molar refractivity (Wildman–Crippen MR) is 61.4 cm³/mol. The highest BCUT2D eigenvalue weighted by Gasteiger charge is 2.21. The van der Waals surface area contributed by atoms with Gasteiger partial charge in [0, 0.05) is 26.7 Å². The fraction of sp³-hybridized carbons (Fsp3) is 0.400. The largest absolute Gasteiger partial charge is 0.310 e. The molecule has 1 saturated heterocycles. The van der Waals surface area contributed by atoms with Gasteiger partial charge in [0.05, 0.1) is 0 Å². The zero-order chi connectivity index (χ0) is 10.1. The molecule has 0 saturated carbocycles. The van der Waals surface area contributed by atoms with Crippen molar-refractivity contribution in [1.29, 1.82) is 0 Å². The van der Waals surface area contributed by atoms with E-state index in [1.54, 1.807) is 12.1 Å². The number of rotatable bonds is 1. The molecule has 1 fully saturated rings. The van der Waals surface area contributed by atoms with E-state index in [-0.39, 0.29) is 6.04 Å². The molecule has 14 heavy (non-hydrogen) atoms. The Kier molecular flexibility index (Phi) is 3.23. The summed E-state index contributed by atoms with van der Waals surface area (Å²) in [6.07, 6.45) is 2.25. The van der Waals surface area contributed by atoms with E-state index in [9.17, 15) is 0 Å². The number of nitrogens with one attached hydrogen (secondary N) is 1. The second-order valence-corrected chi connectivity index (χ2v) is 4.68. The molecule has 0 aromatic heterocycles. The Morgan fingerprint density at radius 3 is 2.29 bits per heavy atom. The van der Waals surface area contributed by atoms with Gasteiger partial charge in [-0.15, -0.1) is 0 Å². The Hall–Kier alpha value is 0.0500. The number of halogens is 3. The molecule has 1 aliphatic heterocycles. The quantitative estimate of drug-likeness (QED) is 0.792. The molecule has 1 aromatic rings. The first-order chi connectivity index (χ1) is 6.68. The van der Waals surface area contributed by atoms with Crippen molar-refractivity contribution < 1.29 is 0 Å². The van der Waals surface area contributed by atoms with Crippen LogP contribution in [0.15, 0.2) is 12.1 Å². The van der Waals surface area contributed by atoms with Crippen molar-refractivity contribution in [3.05, 3.63) is 32.8 Å². The van der Waals surface area contributed by atoms with Crippen LogP contribution in [0.25, 0.3) is 0 Å². The average molecular weight is 251 g/mol. The highest BCUT2D eigenvalue weighted by Crippen LogP contribution is 2.36. The Morgan fingerprint density at radius 2 is 1.79 bits per heavy atom. The predicted octanol–water partition coefficient (Wildman–Crippen LogP) is 4.07. The van der Waals surface area contributed by atoms with E-state index in [0.717, 1.165) is 18.5 Å². The van der Waals surface area contributed by atoms with E-state index >= 15 is 0 Å². The van der Waals surface area contributed by atoms with Gasteiger partial charge in [-0.1, -0.05) is 34.8 Å². The van der Waals surface area contributed by atoms with Gasteiger partial charge in [-0.3, -0.25) is 0 Å². The van der Waals surface area contributed by atoms with Gasteiger partial charge in [0.25, 0.3) is 0 Å². The summed E-state index contributed by atoms with van der Waals surface area (Å²) in [5.74, 6) is 0. The van der Waals surface area contributed by atoms with Crippen LogP contribution >= 0.6 is 34.8 Å². The lowest BCUT2D eigenvalue weighted by molar-refractivity contribution is 0.648. The molecule has 0 spiro atoms. The maximum atomic E-state index is 6.11. The van der Waals surface area contributed by atoms with Crippen LogP contribution < -0.4 is 5.32 Å². The smallest absolute Gasteiger partial charge is 0.0483 e. The topological polar surface area (TPSA) is 12.0 Å².